The van der Waals surface area contributed by atoms with Crippen molar-refractivity contribution in [1.29, 1.82) is 5.26 Å². The van der Waals surface area contributed by atoms with E-state index in [1.54, 1.807) is 29.0 Å². The van der Waals surface area contributed by atoms with Gasteiger partial charge in [-0.2, -0.15) is 10.4 Å². The number of nitrogens with one attached hydrogen (secondary N) is 1. The molecule has 2 heterocycles. The van der Waals surface area contributed by atoms with Crippen molar-refractivity contribution >= 4 is 22.6 Å². The third-order valence-electron chi connectivity index (χ3n) is 5.38. The van der Waals surface area contributed by atoms with E-state index in [9.17, 15) is 10.1 Å². The number of aromatic amines is 1. The Labute approximate surface area is 190 Å². The van der Waals surface area contributed by atoms with Gasteiger partial charge in [-0.1, -0.05) is 60.2 Å². The van der Waals surface area contributed by atoms with Gasteiger partial charge in [-0.25, -0.2) is 9.67 Å². The van der Waals surface area contributed by atoms with E-state index in [-0.39, 0.29) is 17.0 Å². The van der Waals surface area contributed by atoms with Crippen LogP contribution in [0.5, 0.6) is 0 Å². The Balaban J connectivity index is 1.68. The van der Waals surface area contributed by atoms with Crippen LogP contribution < -0.4 is 5.56 Å². The van der Waals surface area contributed by atoms with Crippen LogP contribution in [0.3, 0.4) is 0 Å². The van der Waals surface area contributed by atoms with Gasteiger partial charge in [-0.3, -0.25) is 4.79 Å². The first kappa shape index (κ1) is 20.2. The Morgan fingerprint density at radius 1 is 1.00 bits per heavy atom. The van der Waals surface area contributed by atoms with Gasteiger partial charge in [0.2, 0.25) is 0 Å². The van der Waals surface area contributed by atoms with Crippen LogP contribution in [0.2, 0.25) is 0 Å². The maximum absolute atomic E-state index is 12.5. The topological polar surface area (TPSA) is 87.4 Å². The molecular weight excluding hydrogens is 410 g/mol. The zero-order valence-electron chi connectivity index (χ0n) is 17.9. The van der Waals surface area contributed by atoms with Crippen LogP contribution in [-0.4, -0.2) is 19.7 Å². The number of fused-ring (bicyclic) bond motifs is 1. The minimum Gasteiger partial charge on any atom is -0.305 e. The molecule has 0 aliphatic carbocycles. The number of allylic oxidation sites excluding steroid dienone is 1. The lowest BCUT2D eigenvalue weighted by Crippen LogP contribution is -2.11. The number of aryl methyl sites for hydroxylation is 1. The molecule has 0 saturated heterocycles. The summed E-state index contributed by atoms with van der Waals surface area (Å²) in [6.45, 7) is 2.03. The summed E-state index contributed by atoms with van der Waals surface area (Å²) in [7, 11) is 0. The normalized spacial score (nSPS) is 11.5. The second-order valence-corrected chi connectivity index (χ2v) is 7.68. The predicted molar refractivity (Wildman–Crippen MR) is 130 cm³/mol. The molecule has 0 fully saturated rings. The van der Waals surface area contributed by atoms with Crippen molar-refractivity contribution < 1.29 is 0 Å². The first-order chi connectivity index (χ1) is 16.1. The zero-order valence-corrected chi connectivity index (χ0v) is 17.9. The molecule has 0 atom stereocenters. The summed E-state index contributed by atoms with van der Waals surface area (Å²) >= 11 is 0. The van der Waals surface area contributed by atoms with Gasteiger partial charge in [0.25, 0.3) is 5.56 Å². The van der Waals surface area contributed by atoms with E-state index < -0.39 is 0 Å². The van der Waals surface area contributed by atoms with Gasteiger partial charge in [0, 0.05) is 17.3 Å². The van der Waals surface area contributed by atoms with Crippen molar-refractivity contribution in [3.8, 4) is 23.0 Å². The Bertz CT molecular complexity index is 1590. The fourth-order valence-corrected chi connectivity index (χ4v) is 3.66. The highest BCUT2D eigenvalue weighted by Gasteiger charge is 2.14. The summed E-state index contributed by atoms with van der Waals surface area (Å²) in [4.78, 5) is 19.8. The van der Waals surface area contributed by atoms with Crippen LogP contribution in [0.25, 0.3) is 39.5 Å². The molecule has 0 radical (unpaired) electrons. The number of aromatic nitrogens is 4. The van der Waals surface area contributed by atoms with E-state index in [0.29, 0.717) is 10.9 Å². The summed E-state index contributed by atoms with van der Waals surface area (Å²) in [6, 6.07) is 27.1. The highest BCUT2D eigenvalue weighted by atomic mass is 16.1. The molecule has 2 aromatic heterocycles. The Hall–Kier alpha value is -4.76. The lowest BCUT2D eigenvalue weighted by molar-refractivity contribution is 0.884. The van der Waals surface area contributed by atoms with Crippen LogP contribution in [0.1, 0.15) is 17.0 Å². The van der Waals surface area contributed by atoms with Crippen LogP contribution in [0.4, 0.5) is 0 Å². The average molecular weight is 429 g/mol. The SMILES string of the molecule is Cc1ccc(-c2nn(-c3ccccc3)cc2/C=C(\C#N)c2nc3ccccc3c(=O)[nH]2)cc1. The minimum atomic E-state index is -0.282. The number of hydrogen-bond donors (Lipinski definition) is 1. The molecule has 0 unspecified atom stereocenters. The molecule has 0 spiro atoms. The molecule has 0 amide bonds. The van der Waals surface area contributed by atoms with Crippen LogP contribution in [-0.2, 0) is 0 Å². The summed E-state index contributed by atoms with van der Waals surface area (Å²) < 4.78 is 1.78. The molecule has 33 heavy (non-hydrogen) atoms. The third-order valence-corrected chi connectivity index (χ3v) is 5.38. The first-order valence-electron chi connectivity index (χ1n) is 10.5. The maximum atomic E-state index is 12.5. The molecule has 158 valence electrons. The number of para-hydroxylation sites is 2. The van der Waals surface area contributed by atoms with Crippen molar-refractivity contribution in [1.82, 2.24) is 19.7 Å². The van der Waals surface area contributed by atoms with Crippen LogP contribution in [0.15, 0.2) is 89.9 Å². The molecule has 5 rings (SSSR count). The highest BCUT2D eigenvalue weighted by Crippen LogP contribution is 2.27. The Kier molecular flexibility index (Phi) is 5.13. The number of nitrogens with zero attached hydrogens (tertiary/aromatic N) is 4. The number of benzene rings is 3. The Morgan fingerprint density at radius 2 is 1.73 bits per heavy atom. The van der Waals surface area contributed by atoms with Crippen LogP contribution in [0, 0.1) is 18.3 Å². The monoisotopic (exact) mass is 429 g/mol. The maximum Gasteiger partial charge on any atom is 0.259 e. The number of H-pyrrole nitrogens is 1. The summed E-state index contributed by atoms with van der Waals surface area (Å²) in [5, 5.41) is 15.2. The smallest absolute Gasteiger partial charge is 0.259 e. The van der Waals surface area contributed by atoms with Gasteiger partial charge in [-0.05, 0) is 37.3 Å². The van der Waals surface area contributed by atoms with Crippen molar-refractivity contribution in [3.05, 3.63) is 112 Å². The second-order valence-electron chi connectivity index (χ2n) is 7.68. The minimum absolute atomic E-state index is 0.225. The first-order valence-corrected chi connectivity index (χ1v) is 10.5. The lowest BCUT2D eigenvalue weighted by atomic mass is 10.0. The molecule has 0 saturated carbocycles. The molecule has 0 aliphatic heterocycles. The van der Waals surface area contributed by atoms with E-state index >= 15 is 0 Å². The molecule has 0 bridgehead atoms. The number of hydrogen-bond acceptors (Lipinski definition) is 4. The van der Waals surface area contributed by atoms with Gasteiger partial charge in [0.15, 0.2) is 5.82 Å². The summed E-state index contributed by atoms with van der Waals surface area (Å²) in [5.41, 5.74) is 4.96. The van der Waals surface area contributed by atoms with Gasteiger partial charge in [0.1, 0.15) is 6.07 Å². The van der Waals surface area contributed by atoms with Crippen molar-refractivity contribution in [3.63, 3.8) is 0 Å². The van der Waals surface area contributed by atoms with E-state index in [1.807, 2.05) is 73.8 Å². The summed E-state index contributed by atoms with van der Waals surface area (Å²) in [5.74, 6) is 0.225. The van der Waals surface area contributed by atoms with E-state index in [0.717, 1.165) is 28.1 Å². The Morgan fingerprint density at radius 3 is 2.48 bits per heavy atom. The van der Waals surface area contributed by atoms with Gasteiger partial charge in [0.05, 0.1) is 27.9 Å². The van der Waals surface area contributed by atoms with E-state index in [2.05, 4.69) is 16.0 Å². The molecule has 1 N–H and O–H groups in total. The molecule has 5 aromatic rings. The molecular formula is C27H19N5O. The molecule has 3 aromatic carbocycles. The fraction of sp³-hybridized carbons (Fsp3) is 0.0370. The molecule has 6 heteroatoms. The number of rotatable bonds is 4. The van der Waals surface area contributed by atoms with Crippen molar-refractivity contribution in [2.75, 3.05) is 0 Å². The fourth-order valence-electron chi connectivity index (χ4n) is 3.66. The van der Waals surface area contributed by atoms with Gasteiger partial charge in [-0.15, -0.1) is 0 Å². The van der Waals surface area contributed by atoms with Crippen molar-refractivity contribution in [2.24, 2.45) is 0 Å². The molecule has 0 aliphatic rings. The molecule has 6 nitrogen and oxygen atoms in total. The summed E-state index contributed by atoms with van der Waals surface area (Å²) in [6.07, 6.45) is 3.59. The number of nitriles is 1. The predicted octanol–water partition coefficient (Wildman–Crippen LogP) is 5.15. The van der Waals surface area contributed by atoms with Crippen molar-refractivity contribution in [2.45, 2.75) is 6.92 Å². The zero-order chi connectivity index (χ0) is 22.8. The van der Waals surface area contributed by atoms with E-state index in [4.69, 9.17) is 5.10 Å². The third kappa shape index (κ3) is 3.95. The van der Waals surface area contributed by atoms with E-state index in [1.165, 1.54) is 0 Å². The standard InChI is InChI=1S/C27H19N5O/c1-18-11-13-19(14-12-18)25-21(17-32(31-25)22-7-3-2-4-8-22)15-20(16-28)26-29-24-10-6-5-9-23(24)27(33)30-26/h2-15,17H,1H3,(H,29,30,33)/b20-15+. The van der Waals surface area contributed by atoms with Gasteiger partial charge >= 0.3 is 0 Å². The average Bonchev–Trinajstić information content (AvgIpc) is 3.27. The van der Waals surface area contributed by atoms with Gasteiger partial charge < -0.3 is 4.98 Å². The largest absolute Gasteiger partial charge is 0.305 e. The quantitative estimate of drug-likeness (QED) is 0.400. The van der Waals surface area contributed by atoms with Crippen LogP contribution >= 0.6 is 0 Å². The highest BCUT2D eigenvalue weighted by molar-refractivity contribution is 5.91. The second kappa shape index (κ2) is 8.40. The lowest BCUT2D eigenvalue weighted by Gasteiger charge is -2.03.